The van der Waals surface area contributed by atoms with E-state index in [0.717, 1.165) is 3.57 Å². The van der Waals surface area contributed by atoms with E-state index in [0.29, 0.717) is 0 Å². The molecule has 0 atom stereocenters. The molecule has 1 aromatic rings. The second kappa shape index (κ2) is 2.30. The van der Waals surface area contributed by atoms with Crippen LogP contribution in [0.5, 0.6) is 5.88 Å². The largest absolute Gasteiger partial charge is 0.493 e. The molecule has 2 nitrogen and oxygen atoms in total. The summed E-state index contributed by atoms with van der Waals surface area (Å²) in [4.78, 5) is 3.60. The lowest BCUT2D eigenvalue weighted by atomic mass is 10.5. The Morgan fingerprint density at radius 1 is 1.75 bits per heavy atom. The molecule has 0 aliphatic heterocycles. The standard InChI is InChI=1S/C5H3INO/c6-4-1-2-5(8)7-3-4/h2-3H,(H,7,8). The predicted molar refractivity (Wildman–Crippen MR) is 37.5 cm³/mol. The van der Waals surface area contributed by atoms with Crippen LogP contribution >= 0.6 is 22.6 Å². The van der Waals surface area contributed by atoms with Crippen LogP contribution in [0.25, 0.3) is 0 Å². The van der Waals surface area contributed by atoms with Gasteiger partial charge < -0.3 is 5.11 Å². The molecule has 0 aromatic carbocycles. The van der Waals surface area contributed by atoms with Crippen LogP contribution in [0.15, 0.2) is 12.3 Å². The van der Waals surface area contributed by atoms with Gasteiger partial charge in [-0.05, 0) is 22.6 Å². The van der Waals surface area contributed by atoms with Gasteiger partial charge in [-0.1, -0.05) is 0 Å². The highest BCUT2D eigenvalue weighted by molar-refractivity contribution is 14.1. The van der Waals surface area contributed by atoms with E-state index < -0.39 is 0 Å². The smallest absolute Gasteiger partial charge is 0.211 e. The SMILES string of the molecule is Oc1c[c]c(I)cn1. The average Bonchev–Trinajstić information content (AvgIpc) is 1.77. The molecule has 0 unspecified atom stereocenters. The first kappa shape index (κ1) is 5.81. The molecule has 41 valence electrons. The van der Waals surface area contributed by atoms with Crippen molar-refractivity contribution >= 4 is 22.6 Å². The minimum absolute atomic E-state index is 0.0189. The number of pyridine rings is 1. The van der Waals surface area contributed by atoms with Gasteiger partial charge in [0, 0.05) is 21.9 Å². The van der Waals surface area contributed by atoms with Crippen LogP contribution < -0.4 is 0 Å². The van der Waals surface area contributed by atoms with E-state index in [1.165, 1.54) is 6.07 Å². The maximum Gasteiger partial charge on any atom is 0.211 e. The number of halogens is 1. The first-order valence-corrected chi connectivity index (χ1v) is 3.09. The number of aromatic hydroxyl groups is 1. The Balaban J connectivity index is 3.03. The van der Waals surface area contributed by atoms with Gasteiger partial charge in [-0.25, -0.2) is 4.98 Å². The zero-order valence-electron chi connectivity index (χ0n) is 3.93. The Kier molecular flexibility index (Phi) is 1.67. The summed E-state index contributed by atoms with van der Waals surface area (Å²) in [5.41, 5.74) is 0. The van der Waals surface area contributed by atoms with Crippen molar-refractivity contribution < 1.29 is 5.11 Å². The van der Waals surface area contributed by atoms with Gasteiger partial charge in [0.2, 0.25) is 5.88 Å². The van der Waals surface area contributed by atoms with Crippen LogP contribution in [0.2, 0.25) is 0 Å². The molecular formula is C5H3INO. The minimum atomic E-state index is 0.0189. The third-order valence-corrected chi connectivity index (χ3v) is 1.24. The first-order chi connectivity index (χ1) is 3.79. The number of rotatable bonds is 0. The molecule has 1 aromatic heterocycles. The number of hydrogen-bond acceptors (Lipinski definition) is 2. The average molecular weight is 220 g/mol. The van der Waals surface area contributed by atoms with Crippen LogP contribution in [0.3, 0.4) is 0 Å². The van der Waals surface area contributed by atoms with Gasteiger partial charge in [0.1, 0.15) is 0 Å². The number of aromatic nitrogens is 1. The maximum absolute atomic E-state index is 8.61. The van der Waals surface area contributed by atoms with Crippen molar-refractivity contribution in [3.63, 3.8) is 0 Å². The van der Waals surface area contributed by atoms with Gasteiger partial charge in [-0.2, -0.15) is 0 Å². The fraction of sp³-hybridized carbons (Fsp3) is 0. The Bertz CT molecular complexity index is 151. The van der Waals surface area contributed by atoms with E-state index in [-0.39, 0.29) is 5.88 Å². The summed E-state index contributed by atoms with van der Waals surface area (Å²) in [7, 11) is 0. The molecule has 1 N–H and O–H groups in total. The molecule has 1 rings (SSSR count). The Hall–Kier alpha value is -0.320. The summed E-state index contributed by atoms with van der Waals surface area (Å²) in [5.74, 6) is 0.0189. The fourth-order valence-corrected chi connectivity index (χ4v) is 0.626. The van der Waals surface area contributed by atoms with E-state index in [4.69, 9.17) is 5.11 Å². The molecule has 0 saturated carbocycles. The van der Waals surface area contributed by atoms with Gasteiger partial charge in [0.15, 0.2) is 0 Å². The maximum atomic E-state index is 8.61. The zero-order valence-corrected chi connectivity index (χ0v) is 6.08. The molecule has 0 saturated heterocycles. The van der Waals surface area contributed by atoms with Gasteiger partial charge in [0.05, 0.1) is 0 Å². The monoisotopic (exact) mass is 220 g/mol. The minimum Gasteiger partial charge on any atom is -0.493 e. The number of hydrogen-bond donors (Lipinski definition) is 1. The second-order valence-electron chi connectivity index (χ2n) is 1.25. The van der Waals surface area contributed by atoms with E-state index in [9.17, 15) is 0 Å². The summed E-state index contributed by atoms with van der Waals surface area (Å²) in [6.07, 6.45) is 1.55. The fourth-order valence-electron chi connectivity index (χ4n) is 0.331. The Labute approximate surface area is 60.7 Å². The second-order valence-corrected chi connectivity index (χ2v) is 2.42. The van der Waals surface area contributed by atoms with Crippen molar-refractivity contribution in [3.05, 3.63) is 21.9 Å². The Morgan fingerprint density at radius 2 is 2.50 bits per heavy atom. The summed E-state index contributed by atoms with van der Waals surface area (Å²) in [5, 5.41) is 8.61. The summed E-state index contributed by atoms with van der Waals surface area (Å²) < 4.78 is 0.903. The topological polar surface area (TPSA) is 33.1 Å². The van der Waals surface area contributed by atoms with Crippen LogP contribution in [0.1, 0.15) is 0 Å². The quantitative estimate of drug-likeness (QED) is 0.666. The number of nitrogens with zero attached hydrogens (tertiary/aromatic N) is 1. The lowest BCUT2D eigenvalue weighted by Gasteiger charge is -1.86. The third-order valence-electron chi connectivity index (χ3n) is 0.649. The van der Waals surface area contributed by atoms with Crippen molar-refractivity contribution in [2.24, 2.45) is 0 Å². The van der Waals surface area contributed by atoms with Crippen molar-refractivity contribution in [1.82, 2.24) is 4.98 Å². The van der Waals surface area contributed by atoms with E-state index >= 15 is 0 Å². The van der Waals surface area contributed by atoms with Crippen molar-refractivity contribution in [2.75, 3.05) is 0 Å². The van der Waals surface area contributed by atoms with Gasteiger partial charge in [0.25, 0.3) is 0 Å². The molecular weight excluding hydrogens is 217 g/mol. The zero-order chi connectivity index (χ0) is 5.98. The molecule has 0 fully saturated rings. The normalized spacial score (nSPS) is 9.12. The summed E-state index contributed by atoms with van der Waals surface area (Å²) in [6.45, 7) is 0. The van der Waals surface area contributed by atoms with Crippen LogP contribution in [-0.4, -0.2) is 10.1 Å². The molecule has 0 spiro atoms. The molecule has 1 radical (unpaired) electrons. The first-order valence-electron chi connectivity index (χ1n) is 2.01. The highest BCUT2D eigenvalue weighted by Crippen LogP contribution is 2.05. The lowest BCUT2D eigenvalue weighted by molar-refractivity contribution is 0.453. The molecule has 1 heterocycles. The third kappa shape index (κ3) is 1.33. The van der Waals surface area contributed by atoms with Crippen LogP contribution in [0, 0.1) is 9.64 Å². The van der Waals surface area contributed by atoms with E-state index in [2.05, 4.69) is 33.6 Å². The van der Waals surface area contributed by atoms with E-state index in [1.807, 2.05) is 0 Å². The van der Waals surface area contributed by atoms with Crippen LogP contribution in [-0.2, 0) is 0 Å². The summed E-state index contributed by atoms with van der Waals surface area (Å²) in [6, 6.07) is 4.21. The van der Waals surface area contributed by atoms with Crippen molar-refractivity contribution in [3.8, 4) is 5.88 Å². The van der Waals surface area contributed by atoms with Crippen LogP contribution in [0.4, 0.5) is 0 Å². The molecule has 0 amide bonds. The van der Waals surface area contributed by atoms with Gasteiger partial charge >= 0.3 is 0 Å². The predicted octanol–water partition coefficient (Wildman–Crippen LogP) is 1.19. The van der Waals surface area contributed by atoms with Gasteiger partial charge in [-0.15, -0.1) is 0 Å². The molecule has 8 heavy (non-hydrogen) atoms. The lowest BCUT2D eigenvalue weighted by Crippen LogP contribution is -1.73. The highest BCUT2D eigenvalue weighted by atomic mass is 127. The highest BCUT2D eigenvalue weighted by Gasteiger charge is 1.85. The molecule has 3 heteroatoms. The van der Waals surface area contributed by atoms with Crippen molar-refractivity contribution in [1.29, 1.82) is 0 Å². The Morgan fingerprint density at radius 3 is 2.88 bits per heavy atom. The molecule has 0 aliphatic rings. The van der Waals surface area contributed by atoms with E-state index in [1.54, 1.807) is 6.20 Å². The summed E-state index contributed by atoms with van der Waals surface area (Å²) >= 11 is 2.07. The molecule has 0 bridgehead atoms. The van der Waals surface area contributed by atoms with Crippen molar-refractivity contribution in [2.45, 2.75) is 0 Å². The van der Waals surface area contributed by atoms with Gasteiger partial charge in [-0.3, -0.25) is 0 Å². The molecule has 0 aliphatic carbocycles.